The lowest BCUT2D eigenvalue weighted by Crippen LogP contribution is -2.23. The average Bonchev–Trinajstić information content (AvgIpc) is 3.04. The quantitative estimate of drug-likeness (QED) is 0.532. The molecule has 1 N–H and O–H groups in total. The van der Waals surface area contributed by atoms with Gasteiger partial charge < -0.3 is 5.32 Å². The summed E-state index contributed by atoms with van der Waals surface area (Å²) in [5.74, 6) is -0.208. The highest BCUT2D eigenvalue weighted by Gasteiger charge is 2.20. The van der Waals surface area contributed by atoms with E-state index in [-0.39, 0.29) is 11.1 Å². The van der Waals surface area contributed by atoms with Crippen LogP contribution in [0, 0.1) is 13.8 Å². The highest BCUT2D eigenvalue weighted by molar-refractivity contribution is 8.00. The summed E-state index contributed by atoms with van der Waals surface area (Å²) in [5, 5.41) is 15.0. The van der Waals surface area contributed by atoms with Crippen molar-refractivity contribution in [2.24, 2.45) is 0 Å². The number of aromatic nitrogens is 5. The number of nitrogens with one attached hydrogen (secondary N) is 1. The van der Waals surface area contributed by atoms with Crippen molar-refractivity contribution in [3.63, 3.8) is 0 Å². The molecule has 134 valence electrons. The molecule has 0 radical (unpaired) electrons. The number of nitrogens with zero attached hydrogens (tertiary/aromatic N) is 5. The van der Waals surface area contributed by atoms with E-state index in [0.29, 0.717) is 10.8 Å². The number of pyridine rings is 1. The molecule has 0 unspecified atom stereocenters. The van der Waals surface area contributed by atoms with Crippen molar-refractivity contribution in [2.45, 2.75) is 31.2 Å². The summed E-state index contributed by atoms with van der Waals surface area (Å²) in [6, 6.07) is 9.47. The minimum absolute atomic E-state index is 0.208. The van der Waals surface area contributed by atoms with Crippen molar-refractivity contribution in [3.8, 4) is 5.69 Å². The van der Waals surface area contributed by atoms with Gasteiger partial charge in [0.2, 0.25) is 11.1 Å². The van der Waals surface area contributed by atoms with E-state index < -0.39 is 5.25 Å². The molecule has 0 saturated heterocycles. The minimum atomic E-state index is -0.429. The van der Waals surface area contributed by atoms with Gasteiger partial charge in [0, 0.05) is 6.20 Å². The monoisotopic (exact) mass is 388 g/mol. The van der Waals surface area contributed by atoms with Gasteiger partial charge in [0.1, 0.15) is 0 Å². The number of carbonyl (C=O) groups is 1. The lowest BCUT2D eigenvalue weighted by atomic mass is 10.1. The first-order chi connectivity index (χ1) is 12.4. The van der Waals surface area contributed by atoms with Crippen molar-refractivity contribution in [3.05, 3.63) is 52.8 Å². The van der Waals surface area contributed by atoms with Crippen LogP contribution in [0.4, 0.5) is 5.69 Å². The van der Waals surface area contributed by atoms with Crippen LogP contribution in [0.5, 0.6) is 0 Å². The van der Waals surface area contributed by atoms with E-state index in [1.807, 2.05) is 26.0 Å². The fourth-order valence-corrected chi connectivity index (χ4v) is 3.39. The maximum absolute atomic E-state index is 12.5. The first-order valence-electron chi connectivity index (χ1n) is 7.89. The number of anilines is 1. The van der Waals surface area contributed by atoms with Gasteiger partial charge in [-0.15, -0.1) is 5.10 Å². The Labute approximate surface area is 160 Å². The number of thioether (sulfide) groups is 1. The second kappa shape index (κ2) is 7.84. The van der Waals surface area contributed by atoms with Crippen LogP contribution < -0.4 is 5.32 Å². The van der Waals surface area contributed by atoms with Crippen molar-refractivity contribution in [1.29, 1.82) is 0 Å². The van der Waals surface area contributed by atoms with Crippen molar-refractivity contribution >= 4 is 35.0 Å². The number of hydrogen-bond acceptors (Lipinski definition) is 6. The minimum Gasteiger partial charge on any atom is -0.322 e. The first kappa shape index (κ1) is 18.3. The van der Waals surface area contributed by atoms with Crippen LogP contribution in [0.15, 0.2) is 41.7 Å². The molecule has 2 heterocycles. The van der Waals surface area contributed by atoms with Crippen LogP contribution in [0.1, 0.15) is 18.1 Å². The highest BCUT2D eigenvalue weighted by Crippen LogP contribution is 2.25. The second-order valence-electron chi connectivity index (χ2n) is 5.81. The van der Waals surface area contributed by atoms with Gasteiger partial charge in [0.25, 0.3) is 0 Å². The van der Waals surface area contributed by atoms with Crippen molar-refractivity contribution in [1.82, 2.24) is 25.2 Å². The molecule has 0 spiro atoms. The number of benzene rings is 1. The number of tetrazole rings is 1. The van der Waals surface area contributed by atoms with Gasteiger partial charge in [-0.05, 0) is 66.6 Å². The Morgan fingerprint density at radius 3 is 2.69 bits per heavy atom. The summed E-state index contributed by atoms with van der Waals surface area (Å²) in [5.41, 5.74) is 3.56. The molecule has 1 atom stereocenters. The van der Waals surface area contributed by atoms with Gasteiger partial charge in [-0.25, -0.2) is 4.98 Å². The Kier molecular flexibility index (Phi) is 5.53. The van der Waals surface area contributed by atoms with Crippen molar-refractivity contribution < 1.29 is 4.79 Å². The van der Waals surface area contributed by atoms with Gasteiger partial charge in [0.05, 0.1) is 16.6 Å². The predicted molar refractivity (Wildman–Crippen MR) is 102 cm³/mol. The second-order valence-corrected chi connectivity index (χ2v) is 7.48. The fraction of sp³-hybridized carbons (Fsp3) is 0.235. The van der Waals surface area contributed by atoms with E-state index in [2.05, 4.69) is 31.9 Å². The average molecular weight is 389 g/mol. The normalized spacial score (nSPS) is 12.0. The van der Waals surface area contributed by atoms with E-state index in [9.17, 15) is 4.79 Å². The summed E-state index contributed by atoms with van der Waals surface area (Å²) >= 11 is 7.25. The van der Waals surface area contributed by atoms with E-state index >= 15 is 0 Å². The Hall–Kier alpha value is -2.45. The molecule has 0 bridgehead atoms. The molecule has 3 rings (SSSR count). The molecule has 3 aromatic rings. The number of halogens is 1. The van der Waals surface area contributed by atoms with Gasteiger partial charge in [-0.2, -0.15) is 4.68 Å². The SMILES string of the molecule is Cc1cc(C)cc(-n2nnnc2S[C@@H](C)C(=O)Nc2cccnc2Cl)c1. The fourth-order valence-electron chi connectivity index (χ4n) is 2.41. The zero-order valence-electron chi connectivity index (χ0n) is 14.5. The lowest BCUT2D eigenvalue weighted by Gasteiger charge is -2.12. The molecule has 1 amide bonds. The third-order valence-electron chi connectivity index (χ3n) is 3.56. The Bertz CT molecular complexity index is 924. The first-order valence-corrected chi connectivity index (χ1v) is 9.15. The molecule has 0 aliphatic heterocycles. The van der Waals surface area contributed by atoms with Gasteiger partial charge in [0.15, 0.2) is 5.15 Å². The van der Waals surface area contributed by atoms with E-state index in [4.69, 9.17) is 11.6 Å². The summed E-state index contributed by atoms with van der Waals surface area (Å²) in [4.78, 5) is 16.4. The summed E-state index contributed by atoms with van der Waals surface area (Å²) in [7, 11) is 0. The highest BCUT2D eigenvalue weighted by atomic mass is 35.5. The topological polar surface area (TPSA) is 85.6 Å². The summed E-state index contributed by atoms with van der Waals surface area (Å²) < 4.78 is 1.63. The Morgan fingerprint density at radius 1 is 1.27 bits per heavy atom. The third kappa shape index (κ3) is 4.20. The zero-order valence-corrected chi connectivity index (χ0v) is 16.0. The van der Waals surface area contributed by atoms with E-state index in [1.165, 1.54) is 11.8 Å². The third-order valence-corrected chi connectivity index (χ3v) is 4.89. The number of rotatable bonds is 5. The molecule has 0 aliphatic carbocycles. The smallest absolute Gasteiger partial charge is 0.237 e. The molecule has 0 fully saturated rings. The van der Waals surface area contributed by atoms with Crippen LogP contribution in [-0.2, 0) is 4.79 Å². The van der Waals surface area contributed by atoms with Gasteiger partial charge >= 0.3 is 0 Å². The number of aryl methyl sites for hydroxylation is 2. The standard InChI is InChI=1S/C17H17ClN6OS/c1-10-7-11(2)9-13(8-10)24-17(21-22-23-24)26-12(3)16(25)20-14-5-4-6-19-15(14)18/h4-9,12H,1-3H3,(H,20,25)/t12-/m0/s1. The Morgan fingerprint density at radius 2 is 2.00 bits per heavy atom. The zero-order chi connectivity index (χ0) is 18.7. The summed E-state index contributed by atoms with van der Waals surface area (Å²) in [6.45, 7) is 5.81. The molecule has 7 nitrogen and oxygen atoms in total. The van der Waals surface area contributed by atoms with Crippen LogP contribution >= 0.6 is 23.4 Å². The van der Waals surface area contributed by atoms with E-state index in [1.54, 1.807) is 29.9 Å². The molecule has 1 aromatic carbocycles. The molecular weight excluding hydrogens is 372 g/mol. The molecule has 26 heavy (non-hydrogen) atoms. The van der Waals surface area contributed by atoms with Crippen LogP contribution in [-0.4, -0.2) is 36.3 Å². The maximum atomic E-state index is 12.5. The number of carbonyl (C=O) groups excluding carboxylic acids is 1. The lowest BCUT2D eigenvalue weighted by molar-refractivity contribution is -0.115. The number of hydrogen-bond donors (Lipinski definition) is 1. The van der Waals surface area contributed by atoms with Gasteiger partial charge in [-0.1, -0.05) is 29.4 Å². The maximum Gasteiger partial charge on any atom is 0.237 e. The number of amides is 1. The molecule has 0 saturated carbocycles. The largest absolute Gasteiger partial charge is 0.322 e. The van der Waals surface area contributed by atoms with Crippen LogP contribution in [0.3, 0.4) is 0 Å². The van der Waals surface area contributed by atoms with Crippen LogP contribution in [0.25, 0.3) is 5.69 Å². The molecular formula is C17H17ClN6OS. The van der Waals surface area contributed by atoms with Crippen molar-refractivity contribution in [2.75, 3.05) is 5.32 Å². The molecule has 9 heteroatoms. The van der Waals surface area contributed by atoms with Gasteiger partial charge in [-0.3, -0.25) is 4.79 Å². The molecule has 0 aliphatic rings. The molecule has 2 aromatic heterocycles. The summed E-state index contributed by atoms with van der Waals surface area (Å²) in [6.07, 6.45) is 1.56. The van der Waals surface area contributed by atoms with Crippen LogP contribution in [0.2, 0.25) is 5.15 Å². The Balaban J connectivity index is 1.76. The predicted octanol–water partition coefficient (Wildman–Crippen LogP) is 3.45. The van der Waals surface area contributed by atoms with E-state index in [0.717, 1.165) is 16.8 Å².